The van der Waals surface area contributed by atoms with Crippen LogP contribution in [-0.2, 0) is 9.59 Å². The second kappa shape index (κ2) is 19.0. The van der Waals surface area contributed by atoms with Crippen LogP contribution in [0.25, 0.3) is 0 Å². The molecule has 0 radical (unpaired) electrons. The monoisotopic (exact) mass is 621 g/mol. The van der Waals surface area contributed by atoms with Gasteiger partial charge in [0.2, 0.25) is 18.3 Å². The maximum Gasteiger partial charge on any atom is 0.256 e. The number of alkyl halides is 4. The summed E-state index contributed by atoms with van der Waals surface area (Å²) in [6.07, 6.45) is 3.01. The summed E-state index contributed by atoms with van der Waals surface area (Å²) in [5, 5.41) is 5.98. The summed E-state index contributed by atoms with van der Waals surface area (Å²) in [7, 11) is 1.50. The first-order valence-electron chi connectivity index (χ1n) is 14.1. The molecular formula is C27H44F5N9O2. The molecule has 2 fully saturated rings. The minimum Gasteiger partial charge on any atom is -0.405 e. The lowest BCUT2D eigenvalue weighted by Gasteiger charge is -2.27. The van der Waals surface area contributed by atoms with E-state index in [2.05, 4.69) is 31.6 Å². The van der Waals surface area contributed by atoms with Crippen molar-refractivity contribution in [2.45, 2.75) is 89.6 Å². The fourth-order valence-electron chi connectivity index (χ4n) is 4.18. The molecule has 2 aliphatic rings. The van der Waals surface area contributed by atoms with Crippen molar-refractivity contribution < 1.29 is 31.5 Å². The molecule has 0 bridgehead atoms. The van der Waals surface area contributed by atoms with Crippen molar-refractivity contribution in [1.29, 1.82) is 0 Å². The molecule has 0 aromatic carbocycles. The zero-order valence-corrected chi connectivity index (χ0v) is 24.8. The van der Waals surface area contributed by atoms with Crippen LogP contribution in [0.15, 0.2) is 28.5 Å². The van der Waals surface area contributed by atoms with Crippen molar-refractivity contribution in [2.75, 3.05) is 18.9 Å². The van der Waals surface area contributed by atoms with E-state index in [1.165, 1.54) is 19.3 Å². The Labute approximate surface area is 248 Å². The minimum absolute atomic E-state index is 0.0282. The SMILES string of the molecule is CC(C)N=C(C=O)/C=C\N.CN.NNC(=NCC1CC1)C(CC(F)F)n1cc(NC(=O)CC2CCC(F)(F)CC2)c(F)n1. The average Bonchev–Trinajstić information content (AvgIpc) is 3.71. The Morgan fingerprint density at radius 2 is 1.81 bits per heavy atom. The number of allylic oxidation sites excluding steroid dienone is 1. The predicted octanol–water partition coefficient (Wildman–Crippen LogP) is 3.73. The highest BCUT2D eigenvalue weighted by Crippen LogP contribution is 2.37. The van der Waals surface area contributed by atoms with Gasteiger partial charge in [0.05, 0.1) is 11.9 Å². The number of amides is 1. The lowest BCUT2D eigenvalue weighted by atomic mass is 9.84. The van der Waals surface area contributed by atoms with Crippen LogP contribution in [0, 0.1) is 17.8 Å². The van der Waals surface area contributed by atoms with Gasteiger partial charge >= 0.3 is 0 Å². The first-order valence-corrected chi connectivity index (χ1v) is 14.1. The zero-order chi connectivity index (χ0) is 32.6. The highest BCUT2D eigenvalue weighted by molar-refractivity contribution is 6.33. The van der Waals surface area contributed by atoms with Crippen molar-refractivity contribution in [3.63, 3.8) is 0 Å². The number of aldehydes is 1. The molecule has 2 aliphatic carbocycles. The van der Waals surface area contributed by atoms with Crippen LogP contribution in [0.4, 0.5) is 27.6 Å². The van der Waals surface area contributed by atoms with E-state index in [1.807, 2.05) is 13.8 Å². The lowest BCUT2D eigenvalue weighted by molar-refractivity contribution is -0.118. The molecular weight excluding hydrogens is 577 g/mol. The molecule has 16 heteroatoms. The van der Waals surface area contributed by atoms with Crippen LogP contribution in [0.2, 0.25) is 0 Å². The number of halogens is 5. The Morgan fingerprint density at radius 1 is 1.19 bits per heavy atom. The molecule has 1 aromatic rings. The average molecular weight is 622 g/mol. The van der Waals surface area contributed by atoms with Crippen LogP contribution in [0.1, 0.15) is 71.3 Å². The topological polar surface area (TPSA) is 179 Å². The second-order valence-electron chi connectivity index (χ2n) is 10.4. The number of hydrogen-bond donors (Lipinski definition) is 5. The van der Waals surface area contributed by atoms with Gasteiger partial charge in [-0.3, -0.25) is 24.3 Å². The molecule has 3 rings (SSSR count). The number of nitrogens with two attached hydrogens (primary N) is 3. The quantitative estimate of drug-likeness (QED) is 0.0589. The Kier molecular flexibility index (Phi) is 16.6. The normalized spacial score (nSPS) is 18.0. The van der Waals surface area contributed by atoms with E-state index in [0.29, 0.717) is 24.5 Å². The summed E-state index contributed by atoms with van der Waals surface area (Å²) >= 11 is 0. The highest BCUT2D eigenvalue weighted by Gasteiger charge is 2.35. The number of aromatic nitrogens is 2. The van der Waals surface area contributed by atoms with Gasteiger partial charge < -0.3 is 22.2 Å². The number of amidine groups is 1. The summed E-state index contributed by atoms with van der Waals surface area (Å²) in [6.45, 7) is 4.22. The Balaban J connectivity index is 0.000000655. The number of carbonyl (C=O) groups excluding carboxylic acids is 2. The lowest BCUT2D eigenvalue weighted by Crippen LogP contribution is -2.39. The van der Waals surface area contributed by atoms with Crippen LogP contribution < -0.4 is 28.1 Å². The standard InChI is InChI=1S/C19H27F5N6O.C7H12N2O.CH5N/c20-15(21)8-14(18(28-25)26-9-12-1-2-12)30-10-13(17(22)29-30)27-16(31)7-11-3-5-19(23,24)6-4-11;1-6(2)9-7(5-10)3-4-8;1-2/h10-12,14-15H,1-9,25H2,(H,26,28)(H,27,31);3-6H,8H2,1-2H3;2H2,1H3/b;4-3-,9-7?;. The Bertz CT molecular complexity index is 1080. The van der Waals surface area contributed by atoms with E-state index >= 15 is 0 Å². The number of hydrazine groups is 1. The second-order valence-corrected chi connectivity index (χ2v) is 10.4. The highest BCUT2D eigenvalue weighted by atomic mass is 19.3. The third kappa shape index (κ3) is 14.6. The molecule has 244 valence electrons. The smallest absolute Gasteiger partial charge is 0.256 e. The number of hydrogen-bond acceptors (Lipinski definition) is 8. The van der Waals surface area contributed by atoms with E-state index in [1.54, 1.807) is 0 Å². The molecule has 8 N–H and O–H groups in total. The molecule has 2 saturated carbocycles. The summed E-state index contributed by atoms with van der Waals surface area (Å²) in [4.78, 5) is 30.6. The van der Waals surface area contributed by atoms with Gasteiger partial charge in [0, 0.05) is 38.3 Å². The number of nitrogens with one attached hydrogen (secondary N) is 2. The third-order valence-corrected chi connectivity index (χ3v) is 6.47. The summed E-state index contributed by atoms with van der Waals surface area (Å²) < 4.78 is 68.0. The van der Waals surface area contributed by atoms with Crippen LogP contribution in [-0.4, -0.2) is 65.5 Å². The van der Waals surface area contributed by atoms with Gasteiger partial charge in [-0.05, 0) is 70.7 Å². The fourth-order valence-corrected chi connectivity index (χ4v) is 4.18. The van der Waals surface area contributed by atoms with Gasteiger partial charge in [-0.15, -0.1) is 5.10 Å². The van der Waals surface area contributed by atoms with Gasteiger partial charge in [0.1, 0.15) is 17.6 Å². The number of nitrogens with zero attached hydrogens (tertiary/aromatic N) is 4. The van der Waals surface area contributed by atoms with E-state index in [0.717, 1.165) is 23.7 Å². The zero-order valence-electron chi connectivity index (χ0n) is 24.8. The Morgan fingerprint density at radius 3 is 2.30 bits per heavy atom. The van der Waals surface area contributed by atoms with Crippen LogP contribution in [0.5, 0.6) is 0 Å². The van der Waals surface area contributed by atoms with Gasteiger partial charge in [-0.1, -0.05) is 0 Å². The number of carbonyl (C=O) groups is 2. The predicted molar refractivity (Wildman–Crippen MR) is 156 cm³/mol. The number of anilines is 1. The van der Waals surface area contributed by atoms with E-state index in [9.17, 15) is 31.5 Å². The van der Waals surface area contributed by atoms with Crippen LogP contribution in [0.3, 0.4) is 0 Å². The summed E-state index contributed by atoms with van der Waals surface area (Å²) in [5.74, 6) is 1.40. The summed E-state index contributed by atoms with van der Waals surface area (Å²) in [5.41, 5.74) is 12.0. The molecule has 0 spiro atoms. The molecule has 43 heavy (non-hydrogen) atoms. The fraction of sp³-hybridized carbons (Fsp3) is 0.667. The molecule has 0 aliphatic heterocycles. The summed E-state index contributed by atoms with van der Waals surface area (Å²) in [6, 6.07) is -0.999. The van der Waals surface area contributed by atoms with E-state index in [-0.39, 0.29) is 55.6 Å². The largest absolute Gasteiger partial charge is 0.405 e. The van der Waals surface area contributed by atoms with Crippen molar-refractivity contribution in [3.05, 3.63) is 24.4 Å². The molecule has 0 saturated heterocycles. The van der Waals surface area contributed by atoms with E-state index in [4.69, 9.17) is 11.6 Å². The van der Waals surface area contributed by atoms with Crippen molar-refractivity contribution >= 4 is 29.4 Å². The van der Waals surface area contributed by atoms with Gasteiger partial charge in [-0.25, -0.2) is 23.4 Å². The van der Waals surface area contributed by atoms with Crippen molar-refractivity contribution in [3.8, 4) is 0 Å². The van der Waals surface area contributed by atoms with Gasteiger partial charge in [-0.2, -0.15) is 4.39 Å². The van der Waals surface area contributed by atoms with Gasteiger partial charge in [0.25, 0.3) is 5.95 Å². The molecule has 1 amide bonds. The van der Waals surface area contributed by atoms with E-state index < -0.39 is 36.7 Å². The van der Waals surface area contributed by atoms with Gasteiger partial charge in [0.15, 0.2) is 6.29 Å². The van der Waals surface area contributed by atoms with Crippen molar-refractivity contribution in [2.24, 2.45) is 39.1 Å². The van der Waals surface area contributed by atoms with Crippen molar-refractivity contribution in [1.82, 2.24) is 15.2 Å². The minimum atomic E-state index is -2.72. The number of rotatable bonds is 12. The first-order chi connectivity index (χ1) is 20.4. The third-order valence-electron chi connectivity index (χ3n) is 6.47. The molecule has 11 nitrogen and oxygen atoms in total. The molecule has 1 unspecified atom stereocenters. The maximum absolute atomic E-state index is 14.3. The molecule has 1 heterocycles. The molecule has 1 atom stereocenters. The number of aliphatic imine (C=N–C) groups is 2. The maximum atomic E-state index is 14.3. The Hall–Kier alpha value is -3.40. The first kappa shape index (κ1) is 37.6. The molecule has 1 aromatic heterocycles. The van der Waals surface area contributed by atoms with Crippen LogP contribution >= 0.6 is 0 Å².